The van der Waals surface area contributed by atoms with Gasteiger partial charge in [0.15, 0.2) is 6.10 Å². The highest BCUT2D eigenvalue weighted by molar-refractivity contribution is 5.70. The first-order chi connectivity index (χ1) is 33.6. The standard InChI is InChI=1S/C63H112O5/c1-4-7-10-13-16-19-22-25-27-29-31-33-35-37-40-43-46-49-52-55-58-66-59-61(68-63(65)57-54-51-48-45-42-38-24-21-18-15-12-9-6-3)60-67-62(64)56-53-50-47-44-41-39-36-34-32-30-28-26-23-20-17-14-11-8-5-2/h12,15-16,19,21,24-28,31,33,61H,4-11,13-14,17-18,20,22-23,29-30,32,34-60H2,1-3H3/b15-12-,19-16-,24-21-,27-25-,28-26-,33-31-. The molecule has 0 rings (SSSR count). The molecule has 1 atom stereocenters. The van der Waals surface area contributed by atoms with Gasteiger partial charge in [-0.25, -0.2) is 0 Å². The Bertz CT molecular complexity index is 1210. The van der Waals surface area contributed by atoms with Gasteiger partial charge < -0.3 is 14.2 Å². The van der Waals surface area contributed by atoms with Crippen molar-refractivity contribution in [3.63, 3.8) is 0 Å². The average Bonchev–Trinajstić information content (AvgIpc) is 3.34. The quantitative estimate of drug-likeness (QED) is 0.0345. The predicted molar refractivity (Wildman–Crippen MR) is 297 cm³/mol. The molecule has 0 aromatic carbocycles. The van der Waals surface area contributed by atoms with Crippen LogP contribution in [-0.4, -0.2) is 37.9 Å². The van der Waals surface area contributed by atoms with Gasteiger partial charge in [-0.3, -0.25) is 9.59 Å². The number of unbranched alkanes of at least 4 members (excludes halogenated alkanes) is 31. The van der Waals surface area contributed by atoms with Crippen molar-refractivity contribution in [2.24, 2.45) is 0 Å². The SMILES string of the molecule is CCC/C=C\C/C=C\CCCCCCCC(=O)OC(COCCCCCCCCC/C=C\C/C=C\C/C=C\CCCCC)COC(=O)CCCCCCCCCCC/C=C\CCCCCCCC. The van der Waals surface area contributed by atoms with Crippen LogP contribution in [0.2, 0.25) is 0 Å². The van der Waals surface area contributed by atoms with E-state index in [2.05, 4.69) is 93.7 Å². The van der Waals surface area contributed by atoms with Crippen molar-refractivity contribution in [1.29, 1.82) is 0 Å². The molecule has 0 heterocycles. The van der Waals surface area contributed by atoms with Gasteiger partial charge in [-0.2, -0.15) is 0 Å². The number of ether oxygens (including phenoxy) is 3. The van der Waals surface area contributed by atoms with Gasteiger partial charge in [0.25, 0.3) is 0 Å². The third-order valence-corrected chi connectivity index (χ3v) is 12.7. The van der Waals surface area contributed by atoms with E-state index in [4.69, 9.17) is 14.2 Å². The van der Waals surface area contributed by atoms with E-state index in [-0.39, 0.29) is 25.2 Å². The van der Waals surface area contributed by atoms with Crippen molar-refractivity contribution in [3.8, 4) is 0 Å². The van der Waals surface area contributed by atoms with Gasteiger partial charge in [-0.1, -0.05) is 241 Å². The molecule has 0 amide bonds. The molecule has 5 nitrogen and oxygen atoms in total. The van der Waals surface area contributed by atoms with Gasteiger partial charge in [0.1, 0.15) is 6.61 Å². The van der Waals surface area contributed by atoms with Crippen molar-refractivity contribution in [2.45, 2.75) is 297 Å². The molecule has 0 spiro atoms. The molecule has 68 heavy (non-hydrogen) atoms. The molecule has 0 aliphatic heterocycles. The van der Waals surface area contributed by atoms with Gasteiger partial charge in [0.2, 0.25) is 0 Å². The molecular weight excluding hydrogens is 837 g/mol. The smallest absolute Gasteiger partial charge is 0.306 e. The fraction of sp³-hybridized carbons (Fsp3) is 0.778. The second-order valence-electron chi connectivity index (χ2n) is 19.5. The molecule has 0 saturated carbocycles. The summed E-state index contributed by atoms with van der Waals surface area (Å²) in [7, 11) is 0. The molecule has 0 radical (unpaired) electrons. The molecule has 0 aliphatic rings. The predicted octanol–water partition coefficient (Wildman–Crippen LogP) is 20.2. The number of hydrogen-bond donors (Lipinski definition) is 0. The maximum Gasteiger partial charge on any atom is 0.306 e. The molecule has 0 fully saturated rings. The Morgan fingerprint density at radius 2 is 0.647 bits per heavy atom. The highest BCUT2D eigenvalue weighted by Gasteiger charge is 2.17. The van der Waals surface area contributed by atoms with Crippen LogP contribution in [0.1, 0.15) is 290 Å². The molecule has 0 aromatic heterocycles. The molecule has 0 aliphatic carbocycles. The zero-order valence-electron chi connectivity index (χ0n) is 45.4. The molecular formula is C63H112O5. The summed E-state index contributed by atoms with van der Waals surface area (Å²) >= 11 is 0. The van der Waals surface area contributed by atoms with Crippen LogP contribution in [0.15, 0.2) is 72.9 Å². The van der Waals surface area contributed by atoms with Gasteiger partial charge in [0, 0.05) is 19.4 Å². The summed E-state index contributed by atoms with van der Waals surface area (Å²) in [6, 6.07) is 0. The number of esters is 2. The highest BCUT2D eigenvalue weighted by Crippen LogP contribution is 2.15. The summed E-state index contributed by atoms with van der Waals surface area (Å²) in [5.41, 5.74) is 0. The van der Waals surface area contributed by atoms with Crippen LogP contribution in [0, 0.1) is 0 Å². The van der Waals surface area contributed by atoms with E-state index < -0.39 is 6.10 Å². The van der Waals surface area contributed by atoms with Crippen molar-refractivity contribution in [3.05, 3.63) is 72.9 Å². The Hall–Kier alpha value is -2.66. The number of carbonyl (C=O) groups is 2. The van der Waals surface area contributed by atoms with Crippen molar-refractivity contribution in [2.75, 3.05) is 19.8 Å². The lowest BCUT2D eigenvalue weighted by Crippen LogP contribution is -2.30. The lowest BCUT2D eigenvalue weighted by molar-refractivity contribution is -0.163. The Morgan fingerprint density at radius 1 is 0.324 bits per heavy atom. The van der Waals surface area contributed by atoms with E-state index >= 15 is 0 Å². The molecule has 1 unspecified atom stereocenters. The Balaban J connectivity index is 4.26. The van der Waals surface area contributed by atoms with E-state index in [0.717, 1.165) is 70.6 Å². The summed E-state index contributed by atoms with van der Waals surface area (Å²) in [4.78, 5) is 25.5. The second-order valence-corrected chi connectivity index (χ2v) is 19.5. The van der Waals surface area contributed by atoms with E-state index in [1.54, 1.807) is 0 Å². The van der Waals surface area contributed by atoms with Crippen LogP contribution in [0.5, 0.6) is 0 Å². The summed E-state index contributed by atoms with van der Waals surface area (Å²) < 4.78 is 17.5. The number of carbonyl (C=O) groups excluding carboxylic acids is 2. The zero-order valence-corrected chi connectivity index (χ0v) is 45.4. The third-order valence-electron chi connectivity index (χ3n) is 12.7. The van der Waals surface area contributed by atoms with Crippen molar-refractivity contribution < 1.29 is 23.8 Å². The monoisotopic (exact) mass is 949 g/mol. The Labute approximate surface area is 423 Å². The first-order valence-electron chi connectivity index (χ1n) is 29.5. The minimum atomic E-state index is -0.552. The Morgan fingerprint density at radius 3 is 1.09 bits per heavy atom. The van der Waals surface area contributed by atoms with E-state index in [1.165, 1.54) is 186 Å². The minimum absolute atomic E-state index is 0.0736. The maximum absolute atomic E-state index is 12.8. The summed E-state index contributed by atoms with van der Waals surface area (Å²) in [5.74, 6) is -0.414. The van der Waals surface area contributed by atoms with Crippen molar-refractivity contribution in [1.82, 2.24) is 0 Å². The number of rotatable bonds is 54. The highest BCUT2D eigenvalue weighted by atomic mass is 16.6. The second kappa shape index (κ2) is 58.7. The van der Waals surface area contributed by atoms with Gasteiger partial charge in [-0.05, 0) is 109 Å². The zero-order chi connectivity index (χ0) is 49.2. The maximum atomic E-state index is 12.8. The largest absolute Gasteiger partial charge is 0.462 e. The fourth-order valence-electron chi connectivity index (χ4n) is 8.26. The topological polar surface area (TPSA) is 61.8 Å². The number of hydrogen-bond acceptors (Lipinski definition) is 5. The van der Waals surface area contributed by atoms with Crippen LogP contribution in [0.3, 0.4) is 0 Å². The molecule has 394 valence electrons. The van der Waals surface area contributed by atoms with Gasteiger partial charge in [0.05, 0.1) is 6.61 Å². The van der Waals surface area contributed by atoms with E-state index in [9.17, 15) is 9.59 Å². The minimum Gasteiger partial charge on any atom is -0.462 e. The average molecular weight is 950 g/mol. The lowest BCUT2D eigenvalue weighted by Gasteiger charge is -2.18. The Kier molecular flexibility index (Phi) is 56.4. The molecule has 0 aromatic rings. The van der Waals surface area contributed by atoms with Crippen LogP contribution in [0.25, 0.3) is 0 Å². The van der Waals surface area contributed by atoms with E-state index in [0.29, 0.717) is 19.4 Å². The normalized spacial score (nSPS) is 12.7. The number of allylic oxidation sites excluding steroid dienone is 12. The third kappa shape index (κ3) is 55.9. The van der Waals surface area contributed by atoms with Crippen LogP contribution >= 0.6 is 0 Å². The summed E-state index contributed by atoms with van der Waals surface area (Å²) in [5, 5.41) is 0. The lowest BCUT2D eigenvalue weighted by atomic mass is 10.1. The van der Waals surface area contributed by atoms with E-state index in [1.807, 2.05) is 0 Å². The molecule has 0 bridgehead atoms. The fourth-order valence-corrected chi connectivity index (χ4v) is 8.26. The first-order valence-corrected chi connectivity index (χ1v) is 29.5. The summed E-state index contributed by atoms with van der Waals surface area (Å²) in [6.45, 7) is 7.73. The van der Waals surface area contributed by atoms with Gasteiger partial charge in [-0.15, -0.1) is 0 Å². The van der Waals surface area contributed by atoms with Gasteiger partial charge >= 0.3 is 11.9 Å². The molecule has 0 N–H and O–H groups in total. The van der Waals surface area contributed by atoms with Crippen LogP contribution in [-0.2, 0) is 23.8 Å². The molecule has 0 saturated heterocycles. The summed E-state index contributed by atoms with van der Waals surface area (Å²) in [6.07, 6.45) is 76.4. The van der Waals surface area contributed by atoms with Crippen LogP contribution in [0.4, 0.5) is 0 Å². The first kappa shape index (κ1) is 65.3. The van der Waals surface area contributed by atoms with Crippen LogP contribution < -0.4 is 0 Å². The van der Waals surface area contributed by atoms with Crippen molar-refractivity contribution >= 4 is 11.9 Å². The molecule has 5 heteroatoms.